The molecule has 0 amide bonds. The SMILES string of the molecule is CO[C@H]1OC(=O)C[C@]12C(C)=CC[C@H]2C(C)(C)C. The van der Waals surface area contributed by atoms with E-state index in [4.69, 9.17) is 9.47 Å². The minimum Gasteiger partial charge on any atom is -0.435 e. The molecule has 1 fully saturated rings. The Balaban J connectivity index is 2.44. The van der Waals surface area contributed by atoms with E-state index in [0.717, 1.165) is 6.42 Å². The monoisotopic (exact) mass is 238 g/mol. The van der Waals surface area contributed by atoms with E-state index in [9.17, 15) is 4.79 Å². The standard InChI is InChI=1S/C14H22O3/c1-9-6-7-10(13(2,3)4)14(9)8-11(15)17-12(14)16-5/h6,10,12H,7-8H2,1-5H3/t10-,12-,14+/m0/s1. The fourth-order valence-electron chi connectivity index (χ4n) is 3.56. The molecule has 17 heavy (non-hydrogen) atoms. The zero-order chi connectivity index (χ0) is 12.8. The molecule has 0 radical (unpaired) electrons. The molecule has 0 N–H and O–H groups in total. The van der Waals surface area contributed by atoms with Gasteiger partial charge in [0.15, 0.2) is 0 Å². The molecule has 2 rings (SSSR count). The highest BCUT2D eigenvalue weighted by Gasteiger charge is 2.60. The number of methoxy groups -OCH3 is 1. The van der Waals surface area contributed by atoms with Crippen molar-refractivity contribution < 1.29 is 14.3 Å². The highest BCUT2D eigenvalue weighted by atomic mass is 16.7. The second kappa shape index (κ2) is 3.84. The number of carbonyl (C=O) groups excluding carboxylic acids is 1. The summed E-state index contributed by atoms with van der Waals surface area (Å²) in [5.41, 5.74) is 1.14. The summed E-state index contributed by atoms with van der Waals surface area (Å²) in [6.07, 6.45) is 3.28. The summed E-state index contributed by atoms with van der Waals surface area (Å²) < 4.78 is 10.8. The Labute approximate surface area is 103 Å². The van der Waals surface area contributed by atoms with Gasteiger partial charge in [-0.2, -0.15) is 0 Å². The van der Waals surface area contributed by atoms with Gasteiger partial charge in [0, 0.05) is 7.11 Å². The summed E-state index contributed by atoms with van der Waals surface area (Å²) in [6.45, 7) is 8.77. The summed E-state index contributed by atoms with van der Waals surface area (Å²) in [6, 6.07) is 0. The summed E-state index contributed by atoms with van der Waals surface area (Å²) in [4.78, 5) is 11.7. The number of esters is 1. The van der Waals surface area contributed by atoms with Crippen LogP contribution in [0.1, 0.15) is 40.5 Å². The van der Waals surface area contributed by atoms with Crippen molar-refractivity contribution in [3.05, 3.63) is 11.6 Å². The molecule has 0 unspecified atom stereocenters. The van der Waals surface area contributed by atoms with Crippen LogP contribution in [0.5, 0.6) is 0 Å². The maximum atomic E-state index is 11.7. The van der Waals surface area contributed by atoms with Crippen LogP contribution in [0.25, 0.3) is 0 Å². The third kappa shape index (κ3) is 1.71. The first kappa shape index (κ1) is 12.6. The molecular formula is C14H22O3. The average molecular weight is 238 g/mol. The van der Waals surface area contributed by atoms with Gasteiger partial charge < -0.3 is 9.47 Å². The Morgan fingerprint density at radius 2 is 2.12 bits per heavy atom. The van der Waals surface area contributed by atoms with Crippen LogP contribution in [-0.4, -0.2) is 19.4 Å². The summed E-state index contributed by atoms with van der Waals surface area (Å²) in [5.74, 6) is 0.257. The van der Waals surface area contributed by atoms with Crippen molar-refractivity contribution in [3.8, 4) is 0 Å². The molecule has 1 aliphatic carbocycles. The first-order valence-electron chi connectivity index (χ1n) is 6.22. The van der Waals surface area contributed by atoms with Crippen LogP contribution in [-0.2, 0) is 14.3 Å². The summed E-state index contributed by atoms with van der Waals surface area (Å²) in [7, 11) is 1.62. The highest BCUT2D eigenvalue weighted by Crippen LogP contribution is 2.58. The second-order valence-electron chi connectivity index (χ2n) is 6.32. The predicted molar refractivity (Wildman–Crippen MR) is 65.3 cm³/mol. The van der Waals surface area contributed by atoms with Crippen LogP contribution in [0.4, 0.5) is 0 Å². The van der Waals surface area contributed by atoms with Gasteiger partial charge in [-0.15, -0.1) is 0 Å². The molecule has 1 heterocycles. The Hall–Kier alpha value is -0.830. The van der Waals surface area contributed by atoms with Crippen LogP contribution >= 0.6 is 0 Å². The van der Waals surface area contributed by atoms with E-state index in [1.807, 2.05) is 0 Å². The third-order valence-corrected chi connectivity index (χ3v) is 4.37. The maximum Gasteiger partial charge on any atom is 0.309 e. The van der Waals surface area contributed by atoms with Gasteiger partial charge >= 0.3 is 5.97 Å². The zero-order valence-electron chi connectivity index (χ0n) is 11.4. The molecule has 1 spiro atoms. The molecular weight excluding hydrogens is 216 g/mol. The molecule has 0 bridgehead atoms. The topological polar surface area (TPSA) is 35.5 Å². The van der Waals surface area contributed by atoms with Crippen LogP contribution in [0.15, 0.2) is 11.6 Å². The van der Waals surface area contributed by atoms with Gasteiger partial charge in [0.25, 0.3) is 0 Å². The molecule has 3 nitrogen and oxygen atoms in total. The molecule has 2 aliphatic rings. The first-order valence-corrected chi connectivity index (χ1v) is 6.22. The molecule has 0 aromatic rings. The second-order valence-corrected chi connectivity index (χ2v) is 6.32. The quantitative estimate of drug-likeness (QED) is 0.520. The van der Waals surface area contributed by atoms with Gasteiger partial charge in [-0.3, -0.25) is 4.79 Å². The minimum atomic E-state index is -0.419. The largest absolute Gasteiger partial charge is 0.435 e. The summed E-state index contributed by atoms with van der Waals surface area (Å²) >= 11 is 0. The molecule has 0 saturated carbocycles. The van der Waals surface area contributed by atoms with E-state index in [2.05, 4.69) is 33.8 Å². The Morgan fingerprint density at radius 1 is 1.47 bits per heavy atom. The van der Waals surface area contributed by atoms with Gasteiger partial charge in [0.05, 0.1) is 11.8 Å². The van der Waals surface area contributed by atoms with E-state index in [1.165, 1.54) is 5.57 Å². The van der Waals surface area contributed by atoms with Crippen LogP contribution < -0.4 is 0 Å². The minimum absolute atomic E-state index is 0.138. The number of hydrogen-bond acceptors (Lipinski definition) is 3. The molecule has 0 aromatic carbocycles. The lowest BCUT2D eigenvalue weighted by atomic mass is 9.62. The lowest BCUT2D eigenvalue weighted by molar-refractivity contribution is -0.173. The summed E-state index contributed by atoms with van der Waals surface area (Å²) in [5, 5.41) is 0. The maximum absolute atomic E-state index is 11.7. The third-order valence-electron chi connectivity index (χ3n) is 4.37. The Kier molecular flexibility index (Phi) is 2.85. The van der Waals surface area contributed by atoms with Crippen molar-refractivity contribution in [3.63, 3.8) is 0 Å². The van der Waals surface area contributed by atoms with Gasteiger partial charge in [-0.1, -0.05) is 32.4 Å². The molecule has 0 aromatic heterocycles. The Morgan fingerprint density at radius 3 is 2.65 bits per heavy atom. The van der Waals surface area contributed by atoms with Crippen molar-refractivity contribution in [2.75, 3.05) is 7.11 Å². The fourth-order valence-corrected chi connectivity index (χ4v) is 3.56. The molecule has 1 saturated heterocycles. The molecule has 1 aliphatic heterocycles. The van der Waals surface area contributed by atoms with Crippen LogP contribution in [0.2, 0.25) is 0 Å². The van der Waals surface area contributed by atoms with Gasteiger partial charge in [0.2, 0.25) is 6.29 Å². The van der Waals surface area contributed by atoms with Gasteiger partial charge in [-0.05, 0) is 24.7 Å². The van der Waals surface area contributed by atoms with E-state index in [1.54, 1.807) is 7.11 Å². The number of cyclic esters (lactones) is 1. The van der Waals surface area contributed by atoms with E-state index in [-0.39, 0.29) is 16.8 Å². The van der Waals surface area contributed by atoms with Crippen molar-refractivity contribution in [1.29, 1.82) is 0 Å². The number of ether oxygens (including phenoxy) is 2. The molecule has 3 atom stereocenters. The number of rotatable bonds is 1. The average Bonchev–Trinajstić information content (AvgIpc) is 2.69. The van der Waals surface area contributed by atoms with Crippen LogP contribution in [0, 0.1) is 16.7 Å². The van der Waals surface area contributed by atoms with E-state index < -0.39 is 6.29 Å². The number of hydrogen-bond donors (Lipinski definition) is 0. The number of carbonyl (C=O) groups is 1. The van der Waals surface area contributed by atoms with Crippen molar-refractivity contribution >= 4 is 5.97 Å². The van der Waals surface area contributed by atoms with Crippen molar-refractivity contribution in [1.82, 2.24) is 0 Å². The lowest BCUT2D eigenvalue weighted by Crippen LogP contribution is -2.43. The van der Waals surface area contributed by atoms with Crippen LogP contribution in [0.3, 0.4) is 0 Å². The highest BCUT2D eigenvalue weighted by molar-refractivity contribution is 5.74. The normalized spacial score (nSPS) is 37.5. The van der Waals surface area contributed by atoms with E-state index in [0.29, 0.717) is 12.3 Å². The van der Waals surface area contributed by atoms with Gasteiger partial charge in [-0.25, -0.2) is 0 Å². The lowest BCUT2D eigenvalue weighted by Gasteiger charge is -2.42. The zero-order valence-corrected chi connectivity index (χ0v) is 11.4. The van der Waals surface area contributed by atoms with E-state index >= 15 is 0 Å². The molecule has 96 valence electrons. The van der Waals surface area contributed by atoms with Crippen molar-refractivity contribution in [2.45, 2.75) is 46.8 Å². The number of allylic oxidation sites excluding steroid dienone is 1. The molecule has 3 heteroatoms. The van der Waals surface area contributed by atoms with Crippen molar-refractivity contribution in [2.24, 2.45) is 16.7 Å². The van der Waals surface area contributed by atoms with Gasteiger partial charge in [0.1, 0.15) is 0 Å². The first-order chi connectivity index (χ1) is 7.82. The predicted octanol–water partition coefficient (Wildman–Crippen LogP) is 2.90. The smallest absolute Gasteiger partial charge is 0.309 e. The Bertz CT molecular complexity index is 364. The fraction of sp³-hybridized carbons (Fsp3) is 0.786.